The maximum absolute atomic E-state index is 6.00. The van der Waals surface area contributed by atoms with Gasteiger partial charge in [0.05, 0.1) is 11.1 Å². The number of rotatable bonds is 8. The van der Waals surface area contributed by atoms with Crippen LogP contribution in [0.1, 0.15) is 30.9 Å². The van der Waals surface area contributed by atoms with Crippen LogP contribution in [0.5, 0.6) is 11.5 Å². The molecule has 0 heterocycles. The lowest BCUT2D eigenvalue weighted by Crippen LogP contribution is -2.15. The molecule has 0 spiro atoms. The van der Waals surface area contributed by atoms with Crippen molar-refractivity contribution in [2.24, 2.45) is 0 Å². The predicted molar refractivity (Wildman–Crippen MR) is 108 cm³/mol. The van der Waals surface area contributed by atoms with Crippen molar-refractivity contribution in [2.45, 2.75) is 39.0 Å². The van der Waals surface area contributed by atoms with Crippen LogP contribution in [0.15, 0.2) is 40.9 Å². The van der Waals surface area contributed by atoms with E-state index >= 15 is 0 Å². The Morgan fingerprint density at radius 1 is 1.12 bits per heavy atom. The second-order valence-electron chi connectivity index (χ2n) is 5.91. The van der Waals surface area contributed by atoms with Crippen molar-refractivity contribution in [1.29, 1.82) is 0 Å². The van der Waals surface area contributed by atoms with E-state index in [0.29, 0.717) is 19.3 Å². The van der Waals surface area contributed by atoms with Gasteiger partial charge in [0, 0.05) is 17.6 Å². The molecule has 0 radical (unpaired) electrons. The molecular weight excluding hydrogens is 425 g/mol. The number of nitrogens with one attached hydrogen (secondary N) is 1. The van der Waals surface area contributed by atoms with Crippen molar-refractivity contribution in [1.82, 2.24) is 5.32 Å². The Labute approximate surface area is 168 Å². The van der Waals surface area contributed by atoms with E-state index in [1.54, 1.807) is 0 Å². The van der Waals surface area contributed by atoms with Gasteiger partial charge < -0.3 is 14.8 Å². The standard InChI is InChI=1S/C19H21BrClNO2.ClH/c1-2-23-18-10-14(11-22-16-7-8-16)9-17(20)19(18)24-12-13-3-5-15(21)6-4-13;/h3-6,9-10,16,22H,2,7-8,11-12H2,1H3;1H. The zero-order valence-electron chi connectivity index (χ0n) is 14.1. The number of hydrogen-bond acceptors (Lipinski definition) is 3. The van der Waals surface area contributed by atoms with E-state index in [4.69, 9.17) is 21.1 Å². The highest BCUT2D eigenvalue weighted by atomic mass is 79.9. The number of ether oxygens (including phenoxy) is 2. The van der Waals surface area contributed by atoms with E-state index in [0.717, 1.165) is 33.1 Å². The first-order valence-corrected chi connectivity index (χ1v) is 9.38. The van der Waals surface area contributed by atoms with Crippen LogP contribution in [-0.2, 0) is 13.2 Å². The van der Waals surface area contributed by atoms with E-state index in [2.05, 4.69) is 33.4 Å². The lowest BCUT2D eigenvalue weighted by molar-refractivity contribution is 0.267. The molecule has 25 heavy (non-hydrogen) atoms. The summed E-state index contributed by atoms with van der Waals surface area (Å²) in [7, 11) is 0. The minimum Gasteiger partial charge on any atom is -0.490 e. The van der Waals surface area contributed by atoms with Crippen LogP contribution in [0.25, 0.3) is 0 Å². The fourth-order valence-electron chi connectivity index (χ4n) is 2.41. The van der Waals surface area contributed by atoms with Crippen LogP contribution < -0.4 is 14.8 Å². The van der Waals surface area contributed by atoms with Crippen LogP contribution in [0.3, 0.4) is 0 Å². The van der Waals surface area contributed by atoms with E-state index in [1.165, 1.54) is 18.4 Å². The van der Waals surface area contributed by atoms with Crippen LogP contribution in [0, 0.1) is 0 Å². The van der Waals surface area contributed by atoms with Crippen molar-refractivity contribution in [3.8, 4) is 11.5 Å². The van der Waals surface area contributed by atoms with Gasteiger partial charge >= 0.3 is 0 Å². The first kappa shape index (κ1) is 20.4. The third-order valence-corrected chi connectivity index (χ3v) is 4.68. The molecule has 0 aliphatic heterocycles. The van der Waals surface area contributed by atoms with Gasteiger partial charge in [0.2, 0.25) is 0 Å². The zero-order chi connectivity index (χ0) is 16.9. The molecule has 0 unspecified atom stereocenters. The average Bonchev–Trinajstić information content (AvgIpc) is 3.38. The van der Waals surface area contributed by atoms with Gasteiger partial charge in [-0.2, -0.15) is 0 Å². The quantitative estimate of drug-likeness (QED) is 0.559. The highest BCUT2D eigenvalue weighted by Gasteiger charge is 2.20. The maximum atomic E-state index is 6.00. The summed E-state index contributed by atoms with van der Waals surface area (Å²) in [5.41, 5.74) is 2.25. The zero-order valence-corrected chi connectivity index (χ0v) is 17.2. The minimum atomic E-state index is 0. The topological polar surface area (TPSA) is 30.5 Å². The van der Waals surface area contributed by atoms with Gasteiger partial charge in [-0.25, -0.2) is 0 Å². The third kappa shape index (κ3) is 6.07. The molecule has 6 heteroatoms. The highest BCUT2D eigenvalue weighted by molar-refractivity contribution is 9.10. The summed E-state index contributed by atoms with van der Waals surface area (Å²) >= 11 is 9.54. The summed E-state index contributed by atoms with van der Waals surface area (Å²) < 4.78 is 12.7. The number of halogens is 3. The fourth-order valence-corrected chi connectivity index (χ4v) is 3.14. The van der Waals surface area contributed by atoms with Crippen LogP contribution in [-0.4, -0.2) is 12.6 Å². The van der Waals surface area contributed by atoms with Gasteiger partial charge in [-0.05, 0) is 71.1 Å². The summed E-state index contributed by atoms with van der Waals surface area (Å²) in [5, 5.41) is 4.25. The summed E-state index contributed by atoms with van der Waals surface area (Å²) in [4.78, 5) is 0. The van der Waals surface area contributed by atoms with Crippen LogP contribution >= 0.6 is 39.9 Å². The summed E-state index contributed by atoms with van der Waals surface area (Å²) in [5.74, 6) is 1.51. The molecule has 0 amide bonds. The molecule has 2 aromatic rings. The minimum absolute atomic E-state index is 0. The molecular formula is C19H22BrCl2NO2. The van der Waals surface area contributed by atoms with Gasteiger partial charge in [0.1, 0.15) is 6.61 Å². The first-order chi connectivity index (χ1) is 11.7. The Hall–Kier alpha value is -0.940. The molecule has 3 rings (SSSR count). The van der Waals surface area contributed by atoms with E-state index in [1.807, 2.05) is 31.2 Å². The monoisotopic (exact) mass is 445 g/mol. The summed E-state index contributed by atoms with van der Waals surface area (Å²) in [6.07, 6.45) is 2.56. The van der Waals surface area contributed by atoms with E-state index < -0.39 is 0 Å². The van der Waals surface area contributed by atoms with Crippen molar-refractivity contribution >= 4 is 39.9 Å². The van der Waals surface area contributed by atoms with E-state index in [-0.39, 0.29) is 12.4 Å². The molecule has 1 fully saturated rings. The third-order valence-electron chi connectivity index (χ3n) is 3.84. The molecule has 0 saturated heterocycles. The lowest BCUT2D eigenvalue weighted by Gasteiger charge is -2.16. The molecule has 1 saturated carbocycles. The molecule has 0 bridgehead atoms. The second-order valence-corrected chi connectivity index (χ2v) is 7.20. The van der Waals surface area contributed by atoms with Crippen molar-refractivity contribution in [2.75, 3.05) is 6.61 Å². The Morgan fingerprint density at radius 2 is 1.84 bits per heavy atom. The summed E-state index contributed by atoms with van der Waals surface area (Å²) in [6, 6.07) is 12.5. The van der Waals surface area contributed by atoms with Gasteiger partial charge in [0.15, 0.2) is 11.5 Å². The van der Waals surface area contributed by atoms with E-state index in [9.17, 15) is 0 Å². The number of hydrogen-bond donors (Lipinski definition) is 1. The van der Waals surface area contributed by atoms with Crippen molar-refractivity contribution in [3.05, 3.63) is 57.0 Å². The van der Waals surface area contributed by atoms with Gasteiger partial charge in [-0.15, -0.1) is 12.4 Å². The Morgan fingerprint density at radius 3 is 2.48 bits per heavy atom. The molecule has 1 aliphatic rings. The first-order valence-electron chi connectivity index (χ1n) is 8.21. The lowest BCUT2D eigenvalue weighted by atomic mass is 10.2. The Kier molecular flexibility index (Phi) is 7.88. The molecule has 2 aromatic carbocycles. The SMILES string of the molecule is CCOc1cc(CNC2CC2)cc(Br)c1OCc1ccc(Cl)cc1.Cl. The second kappa shape index (κ2) is 9.67. The predicted octanol–water partition coefficient (Wildman–Crippen LogP) is 5.75. The van der Waals surface area contributed by atoms with Crippen molar-refractivity contribution in [3.63, 3.8) is 0 Å². The molecule has 0 aromatic heterocycles. The van der Waals surface area contributed by atoms with Crippen molar-refractivity contribution < 1.29 is 9.47 Å². The van der Waals surface area contributed by atoms with Gasteiger partial charge in [-0.1, -0.05) is 23.7 Å². The number of benzene rings is 2. The fraction of sp³-hybridized carbons (Fsp3) is 0.368. The highest BCUT2D eigenvalue weighted by Crippen LogP contribution is 2.37. The van der Waals surface area contributed by atoms with Gasteiger partial charge in [0.25, 0.3) is 0 Å². The largest absolute Gasteiger partial charge is 0.490 e. The molecule has 3 nitrogen and oxygen atoms in total. The average molecular weight is 447 g/mol. The molecule has 1 aliphatic carbocycles. The maximum Gasteiger partial charge on any atom is 0.175 e. The molecule has 0 atom stereocenters. The van der Waals surface area contributed by atoms with Crippen LogP contribution in [0.2, 0.25) is 5.02 Å². The molecule has 1 N–H and O–H groups in total. The van der Waals surface area contributed by atoms with Crippen LogP contribution in [0.4, 0.5) is 0 Å². The summed E-state index contributed by atoms with van der Waals surface area (Å²) in [6.45, 7) is 3.89. The Balaban J connectivity index is 0.00000225. The van der Waals surface area contributed by atoms with Gasteiger partial charge in [-0.3, -0.25) is 0 Å². The smallest absolute Gasteiger partial charge is 0.175 e. The normalized spacial score (nSPS) is 13.2. The molecule has 136 valence electrons. The Bertz CT molecular complexity index is 691.